The van der Waals surface area contributed by atoms with Gasteiger partial charge in [-0.2, -0.15) is 0 Å². The highest BCUT2D eigenvalue weighted by atomic mass is 16.5. The molecular formula is C11H18N4O. The number of nitrogen functional groups attached to an aromatic ring is 1. The molecule has 2 heterocycles. The molecule has 0 amide bonds. The Morgan fingerprint density at radius 3 is 3.06 bits per heavy atom. The zero-order valence-corrected chi connectivity index (χ0v) is 9.65. The second-order valence-electron chi connectivity index (χ2n) is 3.87. The zero-order valence-electron chi connectivity index (χ0n) is 9.65. The van der Waals surface area contributed by atoms with Crippen molar-refractivity contribution < 1.29 is 4.74 Å². The average molecular weight is 222 g/mol. The highest BCUT2D eigenvalue weighted by Gasteiger charge is 2.16. The largest absolute Gasteiger partial charge is 0.383 e. The fourth-order valence-electron chi connectivity index (χ4n) is 1.99. The van der Waals surface area contributed by atoms with E-state index in [4.69, 9.17) is 10.5 Å². The minimum atomic E-state index is 0.595. The topological polar surface area (TPSA) is 64.3 Å². The lowest BCUT2D eigenvalue weighted by Gasteiger charge is -2.23. The molecule has 1 aromatic rings. The highest BCUT2D eigenvalue weighted by molar-refractivity contribution is 5.56. The van der Waals surface area contributed by atoms with Crippen LogP contribution in [0.15, 0.2) is 6.33 Å². The first-order chi connectivity index (χ1) is 7.83. The first-order valence-electron chi connectivity index (χ1n) is 5.75. The third-order valence-electron chi connectivity index (χ3n) is 2.83. The van der Waals surface area contributed by atoms with Gasteiger partial charge >= 0.3 is 0 Å². The van der Waals surface area contributed by atoms with Crippen LogP contribution in [0.2, 0.25) is 0 Å². The number of rotatable bonds is 2. The van der Waals surface area contributed by atoms with Crippen LogP contribution in [0.4, 0.5) is 11.6 Å². The molecule has 0 radical (unpaired) electrons. The van der Waals surface area contributed by atoms with Crippen molar-refractivity contribution in [3.8, 4) is 0 Å². The second kappa shape index (κ2) is 5.12. The van der Waals surface area contributed by atoms with Gasteiger partial charge in [0.15, 0.2) is 0 Å². The van der Waals surface area contributed by atoms with E-state index < -0.39 is 0 Å². The highest BCUT2D eigenvalue weighted by Crippen LogP contribution is 2.22. The summed E-state index contributed by atoms with van der Waals surface area (Å²) in [5, 5.41) is 0. The van der Waals surface area contributed by atoms with Crippen LogP contribution in [-0.4, -0.2) is 36.3 Å². The van der Waals surface area contributed by atoms with Gasteiger partial charge in [0.2, 0.25) is 0 Å². The zero-order chi connectivity index (χ0) is 11.4. The summed E-state index contributed by atoms with van der Waals surface area (Å²) in [5.74, 6) is 1.57. The van der Waals surface area contributed by atoms with Crippen molar-refractivity contribution in [2.24, 2.45) is 0 Å². The van der Waals surface area contributed by atoms with Crippen molar-refractivity contribution >= 4 is 11.6 Å². The SMILES string of the molecule is CCc1c(N)ncnc1N1CCCOCC1. The minimum Gasteiger partial charge on any atom is -0.383 e. The molecular weight excluding hydrogens is 204 g/mol. The van der Waals surface area contributed by atoms with Gasteiger partial charge < -0.3 is 15.4 Å². The molecule has 1 aliphatic rings. The second-order valence-corrected chi connectivity index (χ2v) is 3.87. The quantitative estimate of drug-likeness (QED) is 0.803. The number of ether oxygens (including phenoxy) is 1. The summed E-state index contributed by atoms with van der Waals surface area (Å²) in [6.07, 6.45) is 3.43. The molecule has 5 nitrogen and oxygen atoms in total. The van der Waals surface area contributed by atoms with Gasteiger partial charge in [-0.1, -0.05) is 6.92 Å². The van der Waals surface area contributed by atoms with E-state index in [0.29, 0.717) is 5.82 Å². The van der Waals surface area contributed by atoms with E-state index in [1.807, 2.05) is 0 Å². The summed E-state index contributed by atoms with van der Waals surface area (Å²) in [6.45, 7) is 5.52. The maximum atomic E-state index is 5.87. The van der Waals surface area contributed by atoms with Crippen molar-refractivity contribution in [2.75, 3.05) is 36.9 Å². The lowest BCUT2D eigenvalue weighted by atomic mass is 10.2. The molecule has 1 aliphatic heterocycles. The Bertz CT molecular complexity index is 348. The van der Waals surface area contributed by atoms with E-state index in [1.165, 1.54) is 6.33 Å². The summed E-state index contributed by atoms with van der Waals surface area (Å²) in [6, 6.07) is 0. The van der Waals surface area contributed by atoms with Gasteiger partial charge in [-0.15, -0.1) is 0 Å². The molecule has 2 rings (SSSR count). The Morgan fingerprint density at radius 1 is 1.38 bits per heavy atom. The smallest absolute Gasteiger partial charge is 0.137 e. The Balaban J connectivity index is 2.27. The molecule has 0 aliphatic carbocycles. The van der Waals surface area contributed by atoms with Crippen molar-refractivity contribution in [2.45, 2.75) is 19.8 Å². The predicted octanol–water partition coefficient (Wildman–Crippen LogP) is 0.848. The van der Waals surface area contributed by atoms with Gasteiger partial charge in [0.1, 0.15) is 18.0 Å². The molecule has 1 fully saturated rings. The molecule has 1 aromatic heterocycles. The third kappa shape index (κ3) is 2.24. The van der Waals surface area contributed by atoms with Gasteiger partial charge in [-0.25, -0.2) is 9.97 Å². The molecule has 0 bridgehead atoms. The van der Waals surface area contributed by atoms with Gasteiger partial charge in [-0.05, 0) is 12.8 Å². The van der Waals surface area contributed by atoms with Gasteiger partial charge in [0.25, 0.3) is 0 Å². The molecule has 0 unspecified atom stereocenters. The minimum absolute atomic E-state index is 0.595. The Labute approximate surface area is 95.6 Å². The molecule has 5 heteroatoms. The summed E-state index contributed by atoms with van der Waals surface area (Å²) in [4.78, 5) is 10.6. The maximum absolute atomic E-state index is 5.87. The Morgan fingerprint density at radius 2 is 2.25 bits per heavy atom. The fraction of sp³-hybridized carbons (Fsp3) is 0.636. The van der Waals surface area contributed by atoms with E-state index in [9.17, 15) is 0 Å². The van der Waals surface area contributed by atoms with Crippen LogP contribution in [0.5, 0.6) is 0 Å². The van der Waals surface area contributed by atoms with E-state index in [1.54, 1.807) is 0 Å². The summed E-state index contributed by atoms with van der Waals surface area (Å²) < 4.78 is 5.43. The van der Waals surface area contributed by atoms with Gasteiger partial charge in [0.05, 0.1) is 6.61 Å². The summed E-state index contributed by atoms with van der Waals surface area (Å²) in [7, 11) is 0. The van der Waals surface area contributed by atoms with E-state index in [0.717, 1.165) is 50.5 Å². The number of hydrogen-bond acceptors (Lipinski definition) is 5. The molecule has 0 aromatic carbocycles. The molecule has 0 atom stereocenters. The first kappa shape index (κ1) is 11.1. The van der Waals surface area contributed by atoms with Crippen LogP contribution < -0.4 is 10.6 Å². The number of nitrogens with two attached hydrogens (primary N) is 1. The maximum Gasteiger partial charge on any atom is 0.137 e. The first-order valence-corrected chi connectivity index (χ1v) is 5.75. The van der Waals surface area contributed by atoms with E-state index >= 15 is 0 Å². The number of anilines is 2. The number of hydrogen-bond donors (Lipinski definition) is 1. The van der Waals surface area contributed by atoms with Crippen molar-refractivity contribution in [1.82, 2.24) is 9.97 Å². The van der Waals surface area contributed by atoms with Gasteiger partial charge in [-0.3, -0.25) is 0 Å². The molecule has 16 heavy (non-hydrogen) atoms. The van der Waals surface area contributed by atoms with Crippen molar-refractivity contribution in [3.05, 3.63) is 11.9 Å². The lowest BCUT2D eigenvalue weighted by Crippen LogP contribution is -2.28. The number of nitrogens with zero attached hydrogens (tertiary/aromatic N) is 3. The van der Waals surface area contributed by atoms with Crippen LogP contribution in [-0.2, 0) is 11.2 Å². The Hall–Kier alpha value is -1.36. The van der Waals surface area contributed by atoms with Crippen LogP contribution in [0.1, 0.15) is 18.9 Å². The van der Waals surface area contributed by atoms with Gasteiger partial charge in [0, 0.05) is 25.3 Å². The van der Waals surface area contributed by atoms with E-state index in [2.05, 4.69) is 21.8 Å². The van der Waals surface area contributed by atoms with E-state index in [-0.39, 0.29) is 0 Å². The van der Waals surface area contributed by atoms with Crippen molar-refractivity contribution in [3.63, 3.8) is 0 Å². The predicted molar refractivity (Wildman–Crippen MR) is 63.5 cm³/mol. The molecule has 2 N–H and O–H groups in total. The Kier molecular flexibility index (Phi) is 3.56. The molecule has 1 saturated heterocycles. The standard InChI is InChI=1S/C11H18N4O/c1-2-9-10(12)13-8-14-11(9)15-4-3-6-16-7-5-15/h8H,2-7H2,1H3,(H2,12,13,14). The third-order valence-corrected chi connectivity index (χ3v) is 2.83. The molecule has 88 valence electrons. The van der Waals surface area contributed by atoms with Crippen LogP contribution in [0.3, 0.4) is 0 Å². The van der Waals surface area contributed by atoms with Crippen molar-refractivity contribution in [1.29, 1.82) is 0 Å². The van der Waals surface area contributed by atoms with Crippen LogP contribution in [0.25, 0.3) is 0 Å². The average Bonchev–Trinajstić information content (AvgIpc) is 2.57. The van der Waals surface area contributed by atoms with Crippen LogP contribution >= 0.6 is 0 Å². The number of aromatic nitrogens is 2. The van der Waals surface area contributed by atoms with Crippen LogP contribution in [0, 0.1) is 0 Å². The fourth-order valence-corrected chi connectivity index (χ4v) is 1.99. The lowest BCUT2D eigenvalue weighted by molar-refractivity contribution is 0.152. The monoisotopic (exact) mass is 222 g/mol. The normalized spacial score (nSPS) is 17.2. The molecule has 0 saturated carbocycles. The molecule has 0 spiro atoms. The summed E-state index contributed by atoms with van der Waals surface area (Å²) in [5.41, 5.74) is 6.91. The summed E-state index contributed by atoms with van der Waals surface area (Å²) >= 11 is 0.